The van der Waals surface area contributed by atoms with Gasteiger partial charge in [-0.2, -0.15) is 0 Å². The highest BCUT2D eigenvalue weighted by Crippen LogP contribution is 2.46. The third-order valence-corrected chi connectivity index (χ3v) is 6.09. The highest BCUT2D eigenvalue weighted by molar-refractivity contribution is 5.95. The molecule has 1 aliphatic carbocycles. The summed E-state index contributed by atoms with van der Waals surface area (Å²) in [6, 6.07) is 7.04. The van der Waals surface area contributed by atoms with Crippen molar-refractivity contribution >= 4 is 23.9 Å². The number of amides is 3. The number of carbonyl (C=O) groups is 4. The van der Waals surface area contributed by atoms with Crippen LogP contribution in [0.4, 0.5) is 4.79 Å². The smallest absolute Gasteiger partial charge is 0.407 e. The number of methoxy groups -OCH3 is 1. The highest BCUT2D eigenvalue weighted by atomic mass is 16.6. The van der Waals surface area contributed by atoms with Crippen molar-refractivity contribution in [3.05, 3.63) is 35.4 Å². The summed E-state index contributed by atoms with van der Waals surface area (Å²) >= 11 is 0. The summed E-state index contributed by atoms with van der Waals surface area (Å²) in [6.07, 6.45) is 2.20. The Morgan fingerprint density at radius 2 is 1.77 bits per heavy atom. The van der Waals surface area contributed by atoms with E-state index in [4.69, 9.17) is 9.47 Å². The van der Waals surface area contributed by atoms with Crippen LogP contribution in [-0.2, 0) is 23.9 Å². The molecule has 1 aromatic rings. The Morgan fingerprint density at radius 3 is 2.29 bits per heavy atom. The van der Waals surface area contributed by atoms with E-state index in [0.29, 0.717) is 32.2 Å². The van der Waals surface area contributed by atoms with Crippen LogP contribution in [0.1, 0.15) is 76.8 Å². The first-order valence-electron chi connectivity index (χ1n) is 12.1. The molecule has 1 fully saturated rings. The summed E-state index contributed by atoms with van der Waals surface area (Å²) in [5.41, 5.74) is 0.376. The van der Waals surface area contributed by atoms with Gasteiger partial charge in [0.05, 0.1) is 7.11 Å². The van der Waals surface area contributed by atoms with Crippen molar-refractivity contribution in [1.82, 2.24) is 16.0 Å². The van der Waals surface area contributed by atoms with Crippen LogP contribution in [0.15, 0.2) is 24.3 Å². The summed E-state index contributed by atoms with van der Waals surface area (Å²) in [7, 11) is 1.27. The average molecular weight is 490 g/mol. The number of nitrogens with one attached hydrogen (secondary N) is 3. The molecule has 1 aliphatic rings. The highest BCUT2D eigenvalue weighted by Gasteiger charge is 2.54. The molecule has 3 N–H and O–H groups in total. The molecule has 194 valence electrons. The molecule has 0 aliphatic heterocycles. The van der Waals surface area contributed by atoms with E-state index in [1.54, 1.807) is 20.8 Å². The fourth-order valence-electron chi connectivity index (χ4n) is 4.28. The quantitative estimate of drug-likeness (QED) is 0.343. The van der Waals surface area contributed by atoms with Crippen molar-refractivity contribution in [2.45, 2.75) is 89.8 Å². The first-order chi connectivity index (χ1) is 16.4. The van der Waals surface area contributed by atoms with Crippen molar-refractivity contribution in [3.8, 4) is 0 Å². The number of aryl methyl sites for hydroxylation is 1. The van der Waals surface area contributed by atoms with Crippen molar-refractivity contribution in [3.63, 3.8) is 0 Å². The topological polar surface area (TPSA) is 123 Å². The minimum atomic E-state index is -1.12. The maximum Gasteiger partial charge on any atom is 0.407 e. The van der Waals surface area contributed by atoms with E-state index in [9.17, 15) is 19.2 Å². The van der Waals surface area contributed by atoms with Gasteiger partial charge in [0.1, 0.15) is 17.2 Å². The van der Waals surface area contributed by atoms with Gasteiger partial charge >= 0.3 is 12.1 Å². The molecule has 0 saturated heterocycles. The number of esters is 1. The van der Waals surface area contributed by atoms with E-state index in [1.165, 1.54) is 14.0 Å². The van der Waals surface area contributed by atoms with Crippen LogP contribution in [0.25, 0.3) is 0 Å². The zero-order valence-corrected chi connectivity index (χ0v) is 21.7. The van der Waals surface area contributed by atoms with Crippen LogP contribution < -0.4 is 16.0 Å². The summed E-state index contributed by atoms with van der Waals surface area (Å²) in [4.78, 5) is 49.7. The second-order valence-corrected chi connectivity index (χ2v) is 10.1. The van der Waals surface area contributed by atoms with E-state index >= 15 is 0 Å². The van der Waals surface area contributed by atoms with Crippen molar-refractivity contribution in [2.24, 2.45) is 0 Å². The summed E-state index contributed by atoms with van der Waals surface area (Å²) < 4.78 is 10.1. The number of alkyl carbamates (subject to hydrolysis) is 1. The lowest BCUT2D eigenvalue weighted by atomic mass is 9.62. The van der Waals surface area contributed by atoms with Crippen molar-refractivity contribution in [1.29, 1.82) is 0 Å². The van der Waals surface area contributed by atoms with E-state index in [0.717, 1.165) is 17.5 Å². The number of carbonyl (C=O) groups excluding carboxylic acids is 4. The standard InChI is InChI=1S/C26H39N3O6/c1-17-10-12-19(13-11-17)20-14-15-26(20,29-18(2)30)23(32)28-21(22(31)34-6)9-7-8-16-27-24(33)35-25(3,4)5/h10-13,20-21H,7-9,14-16H2,1-6H3,(H,27,33)(H,28,32)(H,29,30)/t20?,21-,26?/m0/s1. The van der Waals surface area contributed by atoms with Gasteiger partial charge < -0.3 is 25.4 Å². The van der Waals surface area contributed by atoms with E-state index < -0.39 is 35.2 Å². The first kappa shape index (κ1) is 28.1. The van der Waals surface area contributed by atoms with Crippen LogP contribution in [0.2, 0.25) is 0 Å². The second-order valence-electron chi connectivity index (χ2n) is 10.1. The zero-order chi connectivity index (χ0) is 26.2. The summed E-state index contributed by atoms with van der Waals surface area (Å²) in [5, 5.41) is 8.36. The maximum absolute atomic E-state index is 13.5. The number of ether oxygens (including phenoxy) is 2. The molecular weight excluding hydrogens is 450 g/mol. The monoisotopic (exact) mass is 489 g/mol. The normalized spacial score (nSPS) is 20.1. The predicted octanol–water partition coefficient (Wildman–Crippen LogP) is 3.10. The molecule has 3 amide bonds. The summed E-state index contributed by atoms with van der Waals surface area (Å²) in [5.74, 6) is -1.45. The maximum atomic E-state index is 13.5. The van der Waals surface area contributed by atoms with Crippen LogP contribution >= 0.6 is 0 Å². The fraction of sp³-hybridized carbons (Fsp3) is 0.615. The van der Waals surface area contributed by atoms with Crippen LogP contribution in [0.5, 0.6) is 0 Å². The zero-order valence-electron chi connectivity index (χ0n) is 21.7. The van der Waals surface area contributed by atoms with Gasteiger partial charge in [-0.3, -0.25) is 9.59 Å². The molecule has 2 rings (SSSR count). The second kappa shape index (κ2) is 12.0. The van der Waals surface area contributed by atoms with Crippen LogP contribution in [0, 0.1) is 6.92 Å². The Hall–Kier alpha value is -3.10. The predicted molar refractivity (Wildman–Crippen MR) is 132 cm³/mol. The Morgan fingerprint density at radius 1 is 1.11 bits per heavy atom. The Labute approximate surface area is 207 Å². The van der Waals surface area contributed by atoms with Gasteiger partial charge in [-0.25, -0.2) is 9.59 Å². The molecule has 0 aromatic heterocycles. The van der Waals surface area contributed by atoms with E-state index in [2.05, 4.69) is 16.0 Å². The molecule has 2 unspecified atom stereocenters. The average Bonchev–Trinajstić information content (AvgIpc) is 2.75. The van der Waals surface area contributed by atoms with Gasteiger partial charge in [0.15, 0.2) is 0 Å². The molecular formula is C26H39N3O6. The van der Waals surface area contributed by atoms with Gasteiger partial charge in [0.25, 0.3) is 0 Å². The molecule has 9 heteroatoms. The SMILES string of the molecule is COC(=O)[C@H](CCCCNC(=O)OC(C)(C)C)NC(=O)C1(NC(C)=O)CCC1c1ccc(C)cc1. The number of benzene rings is 1. The number of hydrogen-bond acceptors (Lipinski definition) is 6. The lowest BCUT2D eigenvalue weighted by Gasteiger charge is -2.49. The number of hydrogen-bond donors (Lipinski definition) is 3. The van der Waals surface area contributed by atoms with E-state index in [1.807, 2.05) is 31.2 Å². The largest absolute Gasteiger partial charge is 0.467 e. The third kappa shape index (κ3) is 7.97. The van der Waals surface area contributed by atoms with E-state index in [-0.39, 0.29) is 11.8 Å². The molecule has 0 radical (unpaired) electrons. The summed E-state index contributed by atoms with van der Waals surface area (Å²) in [6.45, 7) is 9.11. The molecule has 0 spiro atoms. The Bertz CT molecular complexity index is 909. The van der Waals surface area contributed by atoms with Crippen molar-refractivity contribution in [2.75, 3.05) is 13.7 Å². The number of rotatable bonds is 10. The molecule has 3 atom stereocenters. The first-order valence-corrected chi connectivity index (χ1v) is 12.1. The Balaban J connectivity index is 2.02. The van der Waals surface area contributed by atoms with Gasteiger partial charge in [-0.15, -0.1) is 0 Å². The third-order valence-electron chi connectivity index (χ3n) is 6.09. The lowest BCUT2D eigenvalue weighted by molar-refractivity contribution is -0.148. The Kier molecular flexibility index (Phi) is 9.68. The minimum Gasteiger partial charge on any atom is -0.467 e. The van der Waals surface area contributed by atoms with Gasteiger partial charge in [-0.1, -0.05) is 29.8 Å². The molecule has 0 heterocycles. The van der Waals surface area contributed by atoms with Gasteiger partial charge in [-0.05, 0) is 65.4 Å². The minimum absolute atomic E-state index is 0.191. The van der Waals surface area contributed by atoms with Crippen LogP contribution in [-0.4, -0.2) is 54.7 Å². The lowest BCUT2D eigenvalue weighted by Crippen LogP contribution is -2.68. The molecule has 35 heavy (non-hydrogen) atoms. The van der Waals surface area contributed by atoms with Gasteiger partial charge in [0, 0.05) is 19.4 Å². The molecule has 0 bridgehead atoms. The molecule has 9 nitrogen and oxygen atoms in total. The molecule has 1 aromatic carbocycles. The molecule has 1 saturated carbocycles. The number of unbranched alkanes of at least 4 members (excludes halogenated alkanes) is 1. The fourth-order valence-corrected chi connectivity index (χ4v) is 4.28. The van der Waals surface area contributed by atoms with Crippen molar-refractivity contribution < 1.29 is 28.7 Å². The van der Waals surface area contributed by atoms with Gasteiger partial charge in [0.2, 0.25) is 11.8 Å². The van der Waals surface area contributed by atoms with Crippen LogP contribution in [0.3, 0.4) is 0 Å².